The third-order valence-corrected chi connectivity index (χ3v) is 4.21. The molecule has 0 aromatic carbocycles. The molecule has 28 heavy (non-hydrogen) atoms. The largest absolute Gasteiger partial charge is 0.363 e. The van der Waals surface area contributed by atoms with Crippen LogP contribution in [0.1, 0.15) is 12.6 Å². The van der Waals surface area contributed by atoms with Gasteiger partial charge in [0.15, 0.2) is 10.8 Å². The van der Waals surface area contributed by atoms with Gasteiger partial charge in [-0.3, -0.25) is 14.6 Å². The highest BCUT2D eigenvalue weighted by Crippen LogP contribution is 2.19. The van der Waals surface area contributed by atoms with Crippen molar-refractivity contribution >= 4 is 34.3 Å². The van der Waals surface area contributed by atoms with E-state index in [1.165, 1.54) is 0 Å². The first-order chi connectivity index (χ1) is 13.7. The van der Waals surface area contributed by atoms with Gasteiger partial charge in [-0.2, -0.15) is 5.10 Å². The molecule has 0 amide bonds. The Morgan fingerprint density at radius 3 is 2.86 bits per heavy atom. The Morgan fingerprint density at radius 1 is 1.11 bits per heavy atom. The fourth-order valence-electron chi connectivity index (χ4n) is 2.67. The van der Waals surface area contributed by atoms with Crippen molar-refractivity contribution in [2.75, 3.05) is 11.9 Å². The topological polar surface area (TPSA) is 93.4 Å². The SMILES string of the molecule is CCNC(=S)Nc1ccc2ncc(-c3cnn(Cc4ccccn4)c3)nc2n1. The van der Waals surface area contributed by atoms with E-state index in [1.807, 2.05) is 48.1 Å². The Hall–Kier alpha value is -3.46. The zero-order chi connectivity index (χ0) is 19.3. The molecule has 2 N–H and O–H groups in total. The summed E-state index contributed by atoms with van der Waals surface area (Å²) in [5, 5.41) is 11.0. The van der Waals surface area contributed by atoms with Crippen LogP contribution in [0.15, 0.2) is 55.1 Å². The number of nitrogens with zero attached hydrogens (tertiary/aromatic N) is 6. The summed E-state index contributed by atoms with van der Waals surface area (Å²) in [7, 11) is 0. The highest BCUT2D eigenvalue weighted by Gasteiger charge is 2.08. The molecule has 0 atom stereocenters. The monoisotopic (exact) mass is 390 g/mol. The Morgan fingerprint density at radius 2 is 2.04 bits per heavy atom. The number of nitrogens with one attached hydrogen (secondary N) is 2. The Bertz CT molecular complexity index is 1110. The van der Waals surface area contributed by atoms with Crippen molar-refractivity contribution in [3.63, 3.8) is 0 Å². The molecule has 0 saturated heterocycles. The van der Waals surface area contributed by atoms with E-state index in [-0.39, 0.29) is 0 Å². The quantitative estimate of drug-likeness (QED) is 0.503. The molecule has 0 aliphatic carbocycles. The van der Waals surface area contributed by atoms with Crippen LogP contribution in [0.5, 0.6) is 0 Å². The van der Waals surface area contributed by atoms with Crippen molar-refractivity contribution in [3.05, 3.63) is 60.8 Å². The highest BCUT2D eigenvalue weighted by atomic mass is 32.1. The maximum atomic E-state index is 5.20. The lowest BCUT2D eigenvalue weighted by Crippen LogP contribution is -2.28. The van der Waals surface area contributed by atoms with Gasteiger partial charge in [-0.1, -0.05) is 6.07 Å². The highest BCUT2D eigenvalue weighted by molar-refractivity contribution is 7.80. The number of aromatic nitrogens is 6. The van der Waals surface area contributed by atoms with Crippen LogP contribution in [0.2, 0.25) is 0 Å². The summed E-state index contributed by atoms with van der Waals surface area (Å²) >= 11 is 5.20. The molecule has 0 aliphatic rings. The normalized spacial score (nSPS) is 10.8. The van der Waals surface area contributed by atoms with Crippen molar-refractivity contribution in [2.24, 2.45) is 0 Å². The molecule has 4 aromatic heterocycles. The van der Waals surface area contributed by atoms with E-state index in [1.54, 1.807) is 18.6 Å². The second-order valence-electron chi connectivity index (χ2n) is 6.03. The predicted octanol–water partition coefficient (Wildman–Crippen LogP) is 2.64. The van der Waals surface area contributed by atoms with Crippen molar-refractivity contribution in [1.82, 2.24) is 35.0 Å². The second-order valence-corrected chi connectivity index (χ2v) is 6.43. The van der Waals surface area contributed by atoms with E-state index in [9.17, 15) is 0 Å². The smallest absolute Gasteiger partial charge is 0.180 e. The maximum absolute atomic E-state index is 5.20. The molecule has 0 aliphatic heterocycles. The lowest BCUT2D eigenvalue weighted by Gasteiger charge is -2.08. The number of fused-ring (bicyclic) bond motifs is 1. The number of thiocarbonyl (C=S) groups is 1. The Kier molecular flexibility index (Phi) is 5.16. The molecular formula is C19H18N8S. The maximum Gasteiger partial charge on any atom is 0.180 e. The zero-order valence-corrected chi connectivity index (χ0v) is 16.0. The van der Waals surface area contributed by atoms with E-state index in [4.69, 9.17) is 12.2 Å². The lowest BCUT2D eigenvalue weighted by molar-refractivity contribution is 0.673. The number of hydrogen-bond donors (Lipinski definition) is 2. The van der Waals surface area contributed by atoms with Gasteiger partial charge in [0.1, 0.15) is 11.3 Å². The summed E-state index contributed by atoms with van der Waals surface area (Å²) in [5.74, 6) is 0.621. The average Bonchev–Trinajstić information content (AvgIpc) is 3.17. The van der Waals surface area contributed by atoms with E-state index in [0.717, 1.165) is 17.8 Å². The van der Waals surface area contributed by atoms with Gasteiger partial charge in [-0.05, 0) is 43.4 Å². The second kappa shape index (κ2) is 8.05. The summed E-state index contributed by atoms with van der Waals surface area (Å²) in [4.78, 5) is 17.9. The summed E-state index contributed by atoms with van der Waals surface area (Å²) in [6.45, 7) is 3.31. The van der Waals surface area contributed by atoms with Crippen LogP contribution < -0.4 is 10.6 Å². The number of rotatable bonds is 5. The van der Waals surface area contributed by atoms with Crippen LogP contribution in [-0.2, 0) is 6.54 Å². The first-order valence-electron chi connectivity index (χ1n) is 8.82. The van der Waals surface area contributed by atoms with Crippen LogP contribution in [0, 0.1) is 0 Å². The van der Waals surface area contributed by atoms with Gasteiger partial charge in [0.05, 0.1) is 30.3 Å². The molecule has 0 spiro atoms. The standard InChI is InChI=1S/C19H18N8S/c1-2-20-19(28)26-17-7-6-15-18(25-17)24-16(10-22-15)13-9-23-27(11-13)12-14-5-3-4-8-21-14/h3-11H,2,12H2,1H3,(H2,20,24,25,26,28). The molecule has 0 saturated carbocycles. The van der Waals surface area contributed by atoms with Gasteiger partial charge < -0.3 is 10.6 Å². The first-order valence-corrected chi connectivity index (χ1v) is 9.23. The van der Waals surface area contributed by atoms with Crippen LogP contribution >= 0.6 is 12.2 Å². The Labute approximate surface area is 167 Å². The third-order valence-electron chi connectivity index (χ3n) is 3.96. The molecule has 4 rings (SSSR count). The summed E-state index contributed by atoms with van der Waals surface area (Å²) in [6, 6.07) is 9.50. The zero-order valence-electron chi connectivity index (χ0n) is 15.2. The van der Waals surface area contributed by atoms with Crippen LogP contribution in [0.25, 0.3) is 22.4 Å². The summed E-state index contributed by atoms with van der Waals surface area (Å²) in [5.41, 5.74) is 3.77. The van der Waals surface area contributed by atoms with Gasteiger partial charge >= 0.3 is 0 Å². The number of pyridine rings is 2. The molecule has 0 radical (unpaired) electrons. The summed E-state index contributed by atoms with van der Waals surface area (Å²) in [6.07, 6.45) is 7.18. The molecule has 9 heteroatoms. The van der Waals surface area contributed by atoms with Crippen molar-refractivity contribution in [3.8, 4) is 11.3 Å². The minimum Gasteiger partial charge on any atom is -0.363 e. The lowest BCUT2D eigenvalue weighted by atomic mass is 10.2. The fraction of sp³-hybridized carbons (Fsp3) is 0.158. The molecule has 0 unspecified atom stereocenters. The minimum atomic E-state index is 0.522. The van der Waals surface area contributed by atoms with Crippen molar-refractivity contribution in [1.29, 1.82) is 0 Å². The fourth-order valence-corrected chi connectivity index (χ4v) is 2.92. The van der Waals surface area contributed by atoms with E-state index in [2.05, 4.69) is 35.7 Å². The van der Waals surface area contributed by atoms with Gasteiger partial charge in [0.25, 0.3) is 0 Å². The average molecular weight is 390 g/mol. The van der Waals surface area contributed by atoms with Gasteiger partial charge in [0.2, 0.25) is 0 Å². The molecule has 0 bridgehead atoms. The van der Waals surface area contributed by atoms with E-state index in [0.29, 0.717) is 34.3 Å². The predicted molar refractivity (Wildman–Crippen MR) is 112 cm³/mol. The van der Waals surface area contributed by atoms with Crippen LogP contribution in [-0.4, -0.2) is 41.4 Å². The molecule has 8 nitrogen and oxygen atoms in total. The summed E-state index contributed by atoms with van der Waals surface area (Å²) < 4.78 is 1.82. The van der Waals surface area contributed by atoms with E-state index < -0.39 is 0 Å². The van der Waals surface area contributed by atoms with Gasteiger partial charge in [-0.15, -0.1) is 0 Å². The molecular weight excluding hydrogens is 372 g/mol. The first kappa shape index (κ1) is 17.9. The van der Waals surface area contributed by atoms with Crippen molar-refractivity contribution in [2.45, 2.75) is 13.5 Å². The molecule has 4 aromatic rings. The molecule has 0 fully saturated rings. The number of hydrogen-bond acceptors (Lipinski definition) is 6. The van der Waals surface area contributed by atoms with E-state index >= 15 is 0 Å². The van der Waals surface area contributed by atoms with Crippen LogP contribution in [0.3, 0.4) is 0 Å². The molecule has 4 heterocycles. The third kappa shape index (κ3) is 4.09. The minimum absolute atomic E-state index is 0.522. The van der Waals surface area contributed by atoms with Crippen molar-refractivity contribution < 1.29 is 0 Å². The molecule has 140 valence electrons. The Balaban J connectivity index is 1.57. The van der Waals surface area contributed by atoms with Gasteiger partial charge in [0, 0.05) is 24.5 Å². The van der Waals surface area contributed by atoms with Gasteiger partial charge in [-0.25, -0.2) is 9.97 Å². The number of anilines is 1. The van der Waals surface area contributed by atoms with Crippen LogP contribution in [0.4, 0.5) is 5.82 Å².